The molecule has 0 aliphatic heterocycles. The van der Waals surface area contributed by atoms with Crippen LogP contribution in [0, 0.1) is 0 Å². The van der Waals surface area contributed by atoms with Crippen molar-refractivity contribution in [1.29, 1.82) is 0 Å². The topological polar surface area (TPSA) is 105 Å². The summed E-state index contributed by atoms with van der Waals surface area (Å²) < 4.78 is 52.3. The molecule has 184 valence electrons. The average molecular weight is 482 g/mol. The number of aliphatic hydroxyl groups excluding tert-OH is 2. The molecule has 0 radical (unpaired) electrons. The third-order valence-corrected chi connectivity index (χ3v) is 4.75. The fourth-order valence-corrected chi connectivity index (χ4v) is 3.40. The minimum Gasteiger partial charge on any atom is -0.444 e. The summed E-state index contributed by atoms with van der Waals surface area (Å²) in [5.74, 6) is -0.384. The first-order valence-electron chi connectivity index (χ1n) is 10.3. The molecule has 3 aromatic rings. The van der Waals surface area contributed by atoms with Gasteiger partial charge in [0, 0.05) is 24.7 Å². The van der Waals surface area contributed by atoms with Gasteiger partial charge in [0.25, 0.3) is 0 Å². The molecule has 2 aromatic carbocycles. The van der Waals surface area contributed by atoms with E-state index in [2.05, 4.69) is 9.72 Å². The van der Waals surface area contributed by atoms with Crippen LogP contribution in [0.15, 0.2) is 41.1 Å². The van der Waals surface area contributed by atoms with Crippen molar-refractivity contribution in [2.45, 2.75) is 45.4 Å². The van der Waals surface area contributed by atoms with Crippen LogP contribution in [0.5, 0.6) is 5.75 Å². The summed E-state index contributed by atoms with van der Waals surface area (Å²) in [5.41, 5.74) is 1.45. The number of fused-ring (bicyclic) bond motifs is 1. The van der Waals surface area contributed by atoms with Crippen LogP contribution in [-0.2, 0) is 11.3 Å². The van der Waals surface area contributed by atoms with E-state index in [9.17, 15) is 28.2 Å². The van der Waals surface area contributed by atoms with Crippen molar-refractivity contribution >= 4 is 17.2 Å². The predicted octanol–water partition coefficient (Wildman–Crippen LogP) is 4.79. The molecule has 1 amide bonds. The van der Waals surface area contributed by atoms with Crippen LogP contribution in [0.25, 0.3) is 22.2 Å². The van der Waals surface area contributed by atoms with Gasteiger partial charge >= 0.3 is 12.5 Å². The summed E-state index contributed by atoms with van der Waals surface area (Å²) >= 11 is 0. The number of ether oxygens (including phenoxy) is 2. The zero-order valence-electron chi connectivity index (χ0n) is 19.0. The van der Waals surface area contributed by atoms with Gasteiger partial charge in [-0.2, -0.15) is 0 Å². The van der Waals surface area contributed by atoms with E-state index in [0.29, 0.717) is 22.2 Å². The maximum Gasteiger partial charge on any atom is 0.573 e. The maximum atomic E-state index is 12.5. The Bertz CT molecular complexity index is 1150. The number of aromatic nitrogens is 1. The van der Waals surface area contributed by atoms with Gasteiger partial charge in [-0.15, -0.1) is 13.2 Å². The molecular formula is C23H25F3N2O6. The van der Waals surface area contributed by atoms with E-state index >= 15 is 0 Å². The normalized spacial score (nSPS) is 13.1. The minimum atomic E-state index is -4.82. The number of carbonyl (C=O) groups excluding carboxylic acids is 1. The Kier molecular flexibility index (Phi) is 7.08. The fourth-order valence-electron chi connectivity index (χ4n) is 3.40. The summed E-state index contributed by atoms with van der Waals surface area (Å²) in [6.07, 6.45) is -5.59. The molecule has 0 aliphatic carbocycles. The van der Waals surface area contributed by atoms with Crippen molar-refractivity contribution in [2.75, 3.05) is 13.7 Å². The Hall–Kier alpha value is -3.31. The van der Waals surface area contributed by atoms with Gasteiger partial charge in [0.15, 0.2) is 12.0 Å². The smallest absolute Gasteiger partial charge is 0.444 e. The molecule has 1 unspecified atom stereocenters. The predicted molar refractivity (Wildman–Crippen MR) is 116 cm³/mol. The first-order valence-corrected chi connectivity index (χ1v) is 10.3. The molecule has 1 atom stereocenters. The van der Waals surface area contributed by atoms with Crippen LogP contribution in [0.4, 0.5) is 18.0 Å². The lowest BCUT2D eigenvalue weighted by Crippen LogP contribution is -2.34. The molecule has 1 aromatic heterocycles. The number of rotatable bonds is 6. The van der Waals surface area contributed by atoms with Gasteiger partial charge in [0.1, 0.15) is 23.0 Å². The van der Waals surface area contributed by atoms with Crippen molar-refractivity contribution in [3.05, 3.63) is 47.9 Å². The van der Waals surface area contributed by atoms with E-state index in [1.807, 2.05) is 0 Å². The van der Waals surface area contributed by atoms with E-state index < -0.39 is 30.8 Å². The number of oxazole rings is 1. The number of carbonyl (C=O) groups is 1. The number of alkyl halides is 3. The Morgan fingerprint density at radius 3 is 2.41 bits per heavy atom. The molecule has 0 bridgehead atoms. The molecule has 11 heteroatoms. The number of hydrogen-bond acceptors (Lipinski definition) is 7. The quantitative estimate of drug-likeness (QED) is 0.521. The van der Waals surface area contributed by atoms with Gasteiger partial charge in [-0.05, 0) is 50.1 Å². The van der Waals surface area contributed by atoms with Crippen LogP contribution < -0.4 is 4.74 Å². The van der Waals surface area contributed by atoms with E-state index in [-0.39, 0.29) is 23.4 Å². The molecule has 1 heterocycles. The number of benzene rings is 2. The summed E-state index contributed by atoms with van der Waals surface area (Å²) in [4.78, 5) is 18.0. The lowest BCUT2D eigenvalue weighted by Gasteiger charge is -2.26. The van der Waals surface area contributed by atoms with E-state index in [0.717, 1.165) is 18.5 Å². The standard InChI is InChI=1S/C23H25F3N2O6/c1-22(2,3)34-21(31)28(4)10-14-9-16(13-5-7-15(8-6-13)33-23(24,25)26)19-20(32-12-27-19)18(14)17(30)11-29/h5-9,12,17,29-30H,10-11H2,1-4H3. The van der Waals surface area contributed by atoms with Crippen LogP contribution in [0.1, 0.15) is 38.0 Å². The number of amides is 1. The van der Waals surface area contributed by atoms with Crippen molar-refractivity contribution in [2.24, 2.45) is 0 Å². The SMILES string of the molecule is CN(Cc1cc(-c2ccc(OC(F)(F)F)cc2)c2ncoc2c1C(O)CO)C(=O)OC(C)(C)C. The van der Waals surface area contributed by atoms with Crippen molar-refractivity contribution in [1.82, 2.24) is 9.88 Å². The zero-order valence-corrected chi connectivity index (χ0v) is 19.0. The lowest BCUT2D eigenvalue weighted by atomic mass is 9.94. The van der Waals surface area contributed by atoms with Gasteiger partial charge in [-0.25, -0.2) is 9.78 Å². The molecule has 0 aliphatic rings. The highest BCUT2D eigenvalue weighted by Gasteiger charge is 2.31. The first-order chi connectivity index (χ1) is 15.8. The van der Waals surface area contributed by atoms with Gasteiger partial charge in [-0.3, -0.25) is 0 Å². The second kappa shape index (κ2) is 9.51. The van der Waals surface area contributed by atoms with E-state index in [4.69, 9.17) is 9.15 Å². The average Bonchev–Trinajstić information content (AvgIpc) is 3.20. The molecule has 0 fully saturated rings. The van der Waals surface area contributed by atoms with E-state index in [1.165, 1.54) is 24.1 Å². The third kappa shape index (κ3) is 5.97. The molecular weight excluding hydrogens is 457 g/mol. The largest absolute Gasteiger partial charge is 0.573 e. The highest BCUT2D eigenvalue weighted by atomic mass is 19.4. The Labute approximate surface area is 193 Å². The molecule has 8 nitrogen and oxygen atoms in total. The number of halogens is 3. The summed E-state index contributed by atoms with van der Waals surface area (Å²) in [5, 5.41) is 20.1. The molecule has 3 rings (SSSR count). The molecule has 0 saturated heterocycles. The Balaban J connectivity index is 2.07. The fraction of sp³-hybridized carbons (Fsp3) is 0.391. The maximum absolute atomic E-state index is 12.5. The lowest BCUT2D eigenvalue weighted by molar-refractivity contribution is -0.274. The van der Waals surface area contributed by atoms with Gasteiger partial charge in [0.2, 0.25) is 0 Å². The van der Waals surface area contributed by atoms with Gasteiger partial charge in [-0.1, -0.05) is 12.1 Å². The Morgan fingerprint density at radius 2 is 1.85 bits per heavy atom. The highest BCUT2D eigenvalue weighted by molar-refractivity contribution is 5.94. The first kappa shape index (κ1) is 25.3. The minimum absolute atomic E-state index is 0.0137. The van der Waals surface area contributed by atoms with Gasteiger partial charge < -0.3 is 29.0 Å². The Morgan fingerprint density at radius 1 is 1.21 bits per heavy atom. The molecule has 34 heavy (non-hydrogen) atoms. The van der Waals surface area contributed by atoms with E-state index in [1.54, 1.807) is 26.8 Å². The second-order valence-corrected chi connectivity index (χ2v) is 8.63. The molecule has 0 spiro atoms. The van der Waals surface area contributed by atoms with Crippen LogP contribution >= 0.6 is 0 Å². The molecule has 0 saturated carbocycles. The van der Waals surface area contributed by atoms with Crippen LogP contribution in [0.3, 0.4) is 0 Å². The summed E-state index contributed by atoms with van der Waals surface area (Å²) in [6, 6.07) is 6.82. The van der Waals surface area contributed by atoms with Crippen LogP contribution in [-0.4, -0.2) is 51.8 Å². The zero-order chi connectivity index (χ0) is 25.3. The number of nitrogens with zero attached hydrogens (tertiary/aromatic N) is 2. The summed E-state index contributed by atoms with van der Waals surface area (Å²) in [7, 11) is 1.51. The van der Waals surface area contributed by atoms with Crippen LogP contribution in [0.2, 0.25) is 0 Å². The number of hydrogen-bond donors (Lipinski definition) is 2. The number of aliphatic hydroxyl groups is 2. The summed E-state index contributed by atoms with van der Waals surface area (Å²) in [6.45, 7) is 4.56. The molecule has 2 N–H and O–H groups in total. The van der Waals surface area contributed by atoms with Crippen molar-refractivity contribution in [3.63, 3.8) is 0 Å². The van der Waals surface area contributed by atoms with Gasteiger partial charge in [0.05, 0.1) is 6.61 Å². The highest BCUT2D eigenvalue weighted by Crippen LogP contribution is 2.37. The monoisotopic (exact) mass is 482 g/mol. The second-order valence-electron chi connectivity index (χ2n) is 8.63. The van der Waals surface area contributed by atoms with Crippen molar-refractivity contribution in [3.8, 4) is 16.9 Å². The third-order valence-electron chi connectivity index (χ3n) is 4.75. The van der Waals surface area contributed by atoms with Crippen molar-refractivity contribution < 1.29 is 42.1 Å².